The van der Waals surface area contributed by atoms with Crippen LogP contribution < -0.4 is 5.73 Å². The highest BCUT2D eigenvalue weighted by molar-refractivity contribution is 5.98. The van der Waals surface area contributed by atoms with Crippen LogP contribution in [0, 0.1) is 5.92 Å². The number of carbonyl (C=O) groups is 1. The molecule has 0 spiro atoms. The quantitative estimate of drug-likeness (QED) is 0.872. The summed E-state index contributed by atoms with van der Waals surface area (Å²) >= 11 is 0. The van der Waals surface area contributed by atoms with Crippen molar-refractivity contribution in [3.63, 3.8) is 0 Å². The molecular formula is C14H21N3O. The second-order valence-electron chi connectivity index (χ2n) is 5.21. The maximum absolute atomic E-state index is 12.4. The first-order valence-corrected chi connectivity index (χ1v) is 6.58. The molecule has 0 radical (unpaired) electrons. The molecule has 4 heteroatoms. The summed E-state index contributed by atoms with van der Waals surface area (Å²) in [5.74, 6) is 0.546. The largest absolute Gasteiger partial charge is 0.398 e. The van der Waals surface area contributed by atoms with Crippen molar-refractivity contribution in [3.8, 4) is 0 Å². The normalized spacial score (nSPS) is 23.7. The number of amides is 1. The number of carbonyl (C=O) groups excluding carboxylic acids is 1. The molecule has 0 aromatic carbocycles. The highest BCUT2D eigenvalue weighted by Gasteiger charge is 2.29. The molecular weight excluding hydrogens is 226 g/mol. The molecule has 4 nitrogen and oxygen atoms in total. The third-order valence-electron chi connectivity index (χ3n) is 3.97. The minimum atomic E-state index is -0.0145. The van der Waals surface area contributed by atoms with Gasteiger partial charge in [0.1, 0.15) is 0 Å². The van der Waals surface area contributed by atoms with Gasteiger partial charge in [0.2, 0.25) is 0 Å². The average Bonchev–Trinajstić information content (AvgIpc) is 2.38. The van der Waals surface area contributed by atoms with Crippen LogP contribution in [0.4, 0.5) is 5.69 Å². The molecule has 2 N–H and O–H groups in total. The van der Waals surface area contributed by atoms with Gasteiger partial charge in [-0.2, -0.15) is 0 Å². The zero-order valence-corrected chi connectivity index (χ0v) is 11.1. The van der Waals surface area contributed by atoms with Gasteiger partial charge in [-0.25, -0.2) is 0 Å². The fourth-order valence-electron chi connectivity index (χ4n) is 2.80. The lowest BCUT2D eigenvalue weighted by Gasteiger charge is -2.36. The van der Waals surface area contributed by atoms with Crippen LogP contribution in [0.25, 0.3) is 0 Å². The number of nitrogen functional groups attached to an aromatic ring is 1. The molecule has 1 heterocycles. The second-order valence-corrected chi connectivity index (χ2v) is 5.21. The van der Waals surface area contributed by atoms with Gasteiger partial charge in [-0.3, -0.25) is 9.78 Å². The van der Waals surface area contributed by atoms with Crippen molar-refractivity contribution >= 4 is 11.6 Å². The van der Waals surface area contributed by atoms with E-state index in [4.69, 9.17) is 5.73 Å². The standard InChI is InChI=1S/C14H21N3O/c1-10-5-3-4-6-13(10)17(2)14(18)11-9-16-8-7-12(11)15/h7-10,13H,3-6H2,1-2H3,(H2,15,16). The van der Waals surface area contributed by atoms with Crippen LogP contribution >= 0.6 is 0 Å². The Kier molecular flexibility index (Phi) is 3.84. The number of pyridine rings is 1. The van der Waals surface area contributed by atoms with E-state index in [1.807, 2.05) is 11.9 Å². The fraction of sp³-hybridized carbons (Fsp3) is 0.571. The molecule has 1 aromatic rings. The maximum Gasteiger partial charge on any atom is 0.257 e. The van der Waals surface area contributed by atoms with Gasteiger partial charge < -0.3 is 10.6 Å². The maximum atomic E-state index is 12.4. The molecule has 98 valence electrons. The van der Waals surface area contributed by atoms with Crippen molar-refractivity contribution in [1.29, 1.82) is 0 Å². The van der Waals surface area contributed by atoms with Crippen molar-refractivity contribution in [2.45, 2.75) is 38.6 Å². The van der Waals surface area contributed by atoms with E-state index in [1.165, 1.54) is 19.3 Å². The highest BCUT2D eigenvalue weighted by atomic mass is 16.2. The number of rotatable bonds is 2. The van der Waals surface area contributed by atoms with Crippen molar-refractivity contribution in [2.75, 3.05) is 12.8 Å². The first kappa shape index (κ1) is 12.9. The van der Waals surface area contributed by atoms with Crippen LogP contribution in [0.15, 0.2) is 18.5 Å². The Morgan fingerprint density at radius 1 is 1.44 bits per heavy atom. The summed E-state index contributed by atoms with van der Waals surface area (Å²) < 4.78 is 0. The number of nitrogens with two attached hydrogens (primary N) is 1. The van der Waals surface area contributed by atoms with Gasteiger partial charge in [0.05, 0.1) is 5.56 Å². The van der Waals surface area contributed by atoms with E-state index in [0.717, 1.165) is 6.42 Å². The van der Waals surface area contributed by atoms with E-state index in [-0.39, 0.29) is 5.91 Å². The van der Waals surface area contributed by atoms with Crippen molar-refractivity contribution in [1.82, 2.24) is 9.88 Å². The van der Waals surface area contributed by atoms with E-state index in [0.29, 0.717) is 23.2 Å². The lowest BCUT2D eigenvalue weighted by molar-refractivity contribution is 0.0629. The van der Waals surface area contributed by atoms with Gasteiger partial charge in [0, 0.05) is 31.2 Å². The average molecular weight is 247 g/mol. The van der Waals surface area contributed by atoms with Crippen LogP contribution in [0.2, 0.25) is 0 Å². The summed E-state index contributed by atoms with van der Waals surface area (Å²) in [6.45, 7) is 2.22. The van der Waals surface area contributed by atoms with Crippen molar-refractivity contribution in [2.24, 2.45) is 5.92 Å². The van der Waals surface area contributed by atoms with Gasteiger partial charge >= 0.3 is 0 Å². The van der Waals surface area contributed by atoms with Crippen LogP contribution in [-0.2, 0) is 0 Å². The van der Waals surface area contributed by atoms with E-state index in [1.54, 1.807) is 18.5 Å². The Morgan fingerprint density at radius 3 is 2.83 bits per heavy atom. The Bertz CT molecular complexity index is 433. The second kappa shape index (κ2) is 5.38. The van der Waals surface area contributed by atoms with E-state index >= 15 is 0 Å². The lowest BCUT2D eigenvalue weighted by atomic mass is 9.85. The predicted molar refractivity (Wildman–Crippen MR) is 72.2 cm³/mol. The molecule has 1 aliphatic rings. The molecule has 0 aliphatic heterocycles. The predicted octanol–water partition coefficient (Wildman–Crippen LogP) is 2.31. The Morgan fingerprint density at radius 2 is 2.17 bits per heavy atom. The summed E-state index contributed by atoms with van der Waals surface area (Å²) in [6, 6.07) is 2.00. The Balaban J connectivity index is 2.16. The molecule has 2 unspecified atom stereocenters. The number of nitrogens with zero attached hydrogens (tertiary/aromatic N) is 2. The molecule has 1 saturated carbocycles. The first-order valence-electron chi connectivity index (χ1n) is 6.58. The highest BCUT2D eigenvalue weighted by Crippen LogP contribution is 2.28. The SMILES string of the molecule is CC1CCCCC1N(C)C(=O)c1cnccc1N. The van der Waals surface area contributed by atoms with Crippen LogP contribution in [0.5, 0.6) is 0 Å². The summed E-state index contributed by atoms with van der Waals surface area (Å²) in [5, 5.41) is 0. The monoisotopic (exact) mass is 247 g/mol. The molecule has 0 saturated heterocycles. The molecule has 2 atom stereocenters. The topological polar surface area (TPSA) is 59.2 Å². The van der Waals surface area contributed by atoms with E-state index in [2.05, 4.69) is 11.9 Å². The molecule has 1 aliphatic carbocycles. The minimum absolute atomic E-state index is 0.0145. The van der Waals surface area contributed by atoms with Gasteiger partial charge in [0.25, 0.3) is 5.91 Å². The fourth-order valence-corrected chi connectivity index (χ4v) is 2.80. The van der Waals surface area contributed by atoms with E-state index in [9.17, 15) is 4.79 Å². The lowest BCUT2D eigenvalue weighted by Crippen LogP contribution is -2.42. The number of hydrogen-bond acceptors (Lipinski definition) is 3. The third-order valence-corrected chi connectivity index (χ3v) is 3.97. The summed E-state index contributed by atoms with van der Waals surface area (Å²) in [5.41, 5.74) is 6.85. The van der Waals surface area contributed by atoms with Crippen LogP contribution in [0.1, 0.15) is 43.0 Å². The van der Waals surface area contributed by atoms with Gasteiger partial charge in [0.15, 0.2) is 0 Å². The van der Waals surface area contributed by atoms with Crippen LogP contribution in [0.3, 0.4) is 0 Å². The molecule has 1 fully saturated rings. The summed E-state index contributed by atoms with van der Waals surface area (Å²) in [6.07, 6.45) is 7.93. The van der Waals surface area contributed by atoms with Crippen molar-refractivity contribution < 1.29 is 4.79 Å². The number of hydrogen-bond donors (Lipinski definition) is 1. The van der Waals surface area contributed by atoms with Crippen LogP contribution in [-0.4, -0.2) is 28.9 Å². The first-order chi connectivity index (χ1) is 8.61. The summed E-state index contributed by atoms with van der Waals surface area (Å²) in [7, 11) is 1.88. The van der Waals surface area contributed by atoms with Crippen molar-refractivity contribution in [3.05, 3.63) is 24.0 Å². The zero-order valence-electron chi connectivity index (χ0n) is 11.1. The van der Waals surface area contributed by atoms with Gasteiger partial charge in [-0.05, 0) is 24.8 Å². The van der Waals surface area contributed by atoms with Gasteiger partial charge in [-0.1, -0.05) is 19.8 Å². The zero-order chi connectivity index (χ0) is 13.1. The molecule has 1 aromatic heterocycles. The Hall–Kier alpha value is -1.58. The molecule has 2 rings (SSSR count). The smallest absolute Gasteiger partial charge is 0.257 e. The number of aromatic nitrogens is 1. The minimum Gasteiger partial charge on any atom is -0.398 e. The van der Waals surface area contributed by atoms with Gasteiger partial charge in [-0.15, -0.1) is 0 Å². The molecule has 1 amide bonds. The van der Waals surface area contributed by atoms with E-state index < -0.39 is 0 Å². The summed E-state index contributed by atoms with van der Waals surface area (Å²) in [4.78, 5) is 18.2. The Labute approximate surface area is 108 Å². The molecule has 0 bridgehead atoms. The number of anilines is 1. The molecule has 18 heavy (non-hydrogen) atoms. The third kappa shape index (κ3) is 2.47.